The molecule has 0 unspecified atom stereocenters. The van der Waals surface area contributed by atoms with E-state index in [9.17, 15) is 9.90 Å². The number of nitrogens with one attached hydrogen (secondary N) is 3. The van der Waals surface area contributed by atoms with Gasteiger partial charge in [0.1, 0.15) is 17.6 Å². The fourth-order valence-corrected chi connectivity index (χ4v) is 4.39. The molecule has 166 valence electrons. The summed E-state index contributed by atoms with van der Waals surface area (Å²) in [7, 11) is 0. The molecule has 0 radical (unpaired) electrons. The lowest BCUT2D eigenvalue weighted by Crippen LogP contribution is -2.69. The fraction of sp³-hybridized carbons (Fsp3) is 0.524. The van der Waals surface area contributed by atoms with E-state index in [1.54, 1.807) is 0 Å². The van der Waals surface area contributed by atoms with Gasteiger partial charge in [0, 0.05) is 17.9 Å². The summed E-state index contributed by atoms with van der Waals surface area (Å²) >= 11 is 0. The fourth-order valence-electron chi connectivity index (χ4n) is 4.39. The zero-order valence-corrected chi connectivity index (χ0v) is 18.9. The van der Waals surface area contributed by atoms with Gasteiger partial charge < -0.3 is 25.5 Å². The van der Waals surface area contributed by atoms with Crippen molar-refractivity contribution in [2.75, 3.05) is 19.7 Å². The summed E-state index contributed by atoms with van der Waals surface area (Å²) in [6, 6.07) is 9.71. The van der Waals surface area contributed by atoms with E-state index in [1.165, 1.54) is 0 Å². The summed E-state index contributed by atoms with van der Waals surface area (Å²) in [5, 5.41) is 17.5. The number of carbonyl (C=O) groups is 1. The Labute approximate surface area is 189 Å². The highest BCUT2D eigenvalue weighted by Gasteiger charge is 2.53. The topological polar surface area (TPSA) is 99.3 Å². The Balaban J connectivity index is 0.00000160. The molecule has 0 aliphatic carbocycles. The number of imidazole rings is 1. The summed E-state index contributed by atoms with van der Waals surface area (Å²) in [5.41, 5.74) is 0.638. The van der Waals surface area contributed by atoms with Crippen LogP contribution in [-0.2, 0) is 4.74 Å². The minimum absolute atomic E-state index is 0. The molecular weight excluding hydrogens is 427 g/mol. The van der Waals surface area contributed by atoms with Gasteiger partial charge in [-0.3, -0.25) is 4.79 Å². The molecule has 2 aliphatic heterocycles. The average molecular weight is 457 g/mol. The molecule has 7 nitrogen and oxygen atoms in total. The minimum atomic E-state index is -0.771. The Morgan fingerprint density at radius 2 is 1.87 bits per heavy atom. The number of amides is 1. The number of carbonyl (C=O) groups excluding carboxylic acids is 1. The zero-order chi connectivity index (χ0) is 19.8. The number of ether oxygens (including phenoxy) is 1. The van der Waals surface area contributed by atoms with Crippen LogP contribution in [0.4, 0.5) is 0 Å². The number of hydrogen-bond donors (Lipinski definition) is 4. The van der Waals surface area contributed by atoms with E-state index >= 15 is 0 Å². The van der Waals surface area contributed by atoms with Gasteiger partial charge in [0.25, 0.3) is 5.91 Å². The summed E-state index contributed by atoms with van der Waals surface area (Å²) in [5.74, 6) is 0.388. The van der Waals surface area contributed by atoms with Gasteiger partial charge in [-0.1, -0.05) is 30.3 Å². The van der Waals surface area contributed by atoms with Crippen molar-refractivity contribution in [3.8, 4) is 11.4 Å². The molecule has 2 aliphatic rings. The molecule has 2 aromatic rings. The molecule has 1 amide bonds. The average Bonchev–Trinajstić information content (AvgIpc) is 3.10. The van der Waals surface area contributed by atoms with Gasteiger partial charge in [0.2, 0.25) is 0 Å². The summed E-state index contributed by atoms with van der Waals surface area (Å²) < 4.78 is 6.02. The lowest BCUT2D eigenvalue weighted by atomic mass is 9.73. The Bertz CT molecular complexity index is 850. The molecule has 9 heteroatoms. The first kappa shape index (κ1) is 24.6. The first-order chi connectivity index (χ1) is 13.4. The van der Waals surface area contributed by atoms with E-state index in [0.29, 0.717) is 30.2 Å². The lowest BCUT2D eigenvalue weighted by molar-refractivity contribution is -0.197. The zero-order valence-electron chi connectivity index (χ0n) is 17.2. The van der Waals surface area contributed by atoms with Crippen LogP contribution in [0.1, 0.15) is 42.4 Å². The van der Waals surface area contributed by atoms with Crippen molar-refractivity contribution in [2.45, 2.75) is 50.4 Å². The SMILES string of the molecule is Cc1[nH]c(-c2ccccc2)nc1C(=O)N[C@]1(C)CCOC2(CCNCC2)[C@H]1O.Cl.Cl. The first-order valence-corrected chi connectivity index (χ1v) is 9.91. The first-order valence-electron chi connectivity index (χ1n) is 9.91. The van der Waals surface area contributed by atoms with Crippen molar-refractivity contribution < 1.29 is 14.6 Å². The van der Waals surface area contributed by atoms with Crippen LogP contribution >= 0.6 is 24.8 Å². The smallest absolute Gasteiger partial charge is 0.272 e. The number of hydrogen-bond acceptors (Lipinski definition) is 5. The molecule has 1 aromatic carbocycles. The second-order valence-corrected chi connectivity index (χ2v) is 8.11. The monoisotopic (exact) mass is 456 g/mol. The minimum Gasteiger partial charge on any atom is -0.388 e. The second kappa shape index (κ2) is 9.66. The number of halogens is 2. The summed E-state index contributed by atoms with van der Waals surface area (Å²) in [6.45, 7) is 5.87. The predicted octanol–water partition coefficient (Wildman–Crippen LogP) is 2.62. The summed E-state index contributed by atoms with van der Waals surface area (Å²) in [4.78, 5) is 20.7. The molecule has 2 fully saturated rings. The molecule has 2 atom stereocenters. The largest absolute Gasteiger partial charge is 0.388 e. The van der Waals surface area contributed by atoms with E-state index < -0.39 is 17.2 Å². The lowest BCUT2D eigenvalue weighted by Gasteiger charge is -2.52. The number of aliphatic hydroxyl groups excluding tert-OH is 1. The number of aryl methyl sites for hydroxylation is 1. The Morgan fingerprint density at radius 3 is 2.53 bits per heavy atom. The molecule has 4 rings (SSSR count). The highest BCUT2D eigenvalue weighted by atomic mass is 35.5. The van der Waals surface area contributed by atoms with E-state index in [2.05, 4.69) is 20.6 Å². The van der Waals surface area contributed by atoms with Crippen LogP contribution in [-0.4, -0.2) is 57.9 Å². The maximum absolute atomic E-state index is 13.0. The van der Waals surface area contributed by atoms with Crippen LogP contribution < -0.4 is 10.6 Å². The van der Waals surface area contributed by atoms with Crippen molar-refractivity contribution in [3.05, 3.63) is 41.7 Å². The van der Waals surface area contributed by atoms with Crippen LogP contribution in [0.3, 0.4) is 0 Å². The highest BCUT2D eigenvalue weighted by Crippen LogP contribution is 2.38. The predicted molar refractivity (Wildman–Crippen MR) is 121 cm³/mol. The van der Waals surface area contributed by atoms with Crippen LogP contribution in [0, 0.1) is 6.92 Å². The third-order valence-corrected chi connectivity index (χ3v) is 6.11. The summed E-state index contributed by atoms with van der Waals surface area (Å²) in [6.07, 6.45) is 1.26. The number of rotatable bonds is 3. The maximum atomic E-state index is 13.0. The van der Waals surface area contributed by atoms with Gasteiger partial charge in [-0.25, -0.2) is 4.98 Å². The Kier molecular flexibility index (Phi) is 7.93. The second-order valence-electron chi connectivity index (χ2n) is 8.11. The number of aromatic amines is 1. The van der Waals surface area contributed by atoms with E-state index in [0.717, 1.165) is 31.5 Å². The molecular formula is C21H30Cl2N4O3. The number of aliphatic hydroxyl groups is 1. The van der Waals surface area contributed by atoms with Crippen LogP contribution in [0.25, 0.3) is 11.4 Å². The molecule has 2 saturated heterocycles. The van der Waals surface area contributed by atoms with Gasteiger partial charge in [-0.15, -0.1) is 24.8 Å². The number of piperidine rings is 1. The van der Waals surface area contributed by atoms with Crippen molar-refractivity contribution in [1.82, 2.24) is 20.6 Å². The number of H-pyrrole nitrogens is 1. The van der Waals surface area contributed by atoms with E-state index in [1.807, 2.05) is 44.2 Å². The number of nitrogens with zero attached hydrogens (tertiary/aromatic N) is 1. The number of benzene rings is 1. The van der Waals surface area contributed by atoms with Gasteiger partial charge in [0.05, 0.1) is 11.1 Å². The van der Waals surface area contributed by atoms with Crippen molar-refractivity contribution in [1.29, 1.82) is 0 Å². The molecule has 1 spiro atoms. The molecule has 1 aromatic heterocycles. The van der Waals surface area contributed by atoms with Crippen LogP contribution in [0.2, 0.25) is 0 Å². The quantitative estimate of drug-likeness (QED) is 0.568. The third-order valence-electron chi connectivity index (χ3n) is 6.11. The third kappa shape index (κ3) is 4.50. The van der Waals surface area contributed by atoms with Gasteiger partial charge in [0.15, 0.2) is 0 Å². The molecule has 30 heavy (non-hydrogen) atoms. The Hall–Kier alpha value is -1.64. The standard InChI is InChI=1S/C21H28N4O3.2ClH/c1-14-16(24-17(23-14)15-6-4-3-5-7-15)18(26)25-20(2)10-13-28-21(19(20)27)8-11-22-12-9-21;;/h3-7,19,22,27H,8-13H2,1-2H3,(H,23,24)(H,25,26);2*1H/t19-,20+;;/m0../s1. The van der Waals surface area contributed by atoms with Crippen LogP contribution in [0.5, 0.6) is 0 Å². The highest BCUT2D eigenvalue weighted by molar-refractivity contribution is 5.94. The number of aromatic nitrogens is 2. The van der Waals surface area contributed by atoms with E-state index in [-0.39, 0.29) is 30.7 Å². The van der Waals surface area contributed by atoms with Gasteiger partial charge in [-0.05, 0) is 46.2 Å². The van der Waals surface area contributed by atoms with Crippen molar-refractivity contribution in [2.24, 2.45) is 0 Å². The molecule has 3 heterocycles. The molecule has 0 bridgehead atoms. The van der Waals surface area contributed by atoms with E-state index in [4.69, 9.17) is 4.74 Å². The van der Waals surface area contributed by atoms with Gasteiger partial charge in [-0.2, -0.15) is 0 Å². The maximum Gasteiger partial charge on any atom is 0.272 e. The van der Waals surface area contributed by atoms with Crippen molar-refractivity contribution >= 4 is 30.7 Å². The van der Waals surface area contributed by atoms with Gasteiger partial charge >= 0.3 is 0 Å². The normalized spacial score (nSPS) is 25.1. The Morgan fingerprint density at radius 1 is 1.20 bits per heavy atom. The molecule has 4 N–H and O–H groups in total. The van der Waals surface area contributed by atoms with Crippen LogP contribution in [0.15, 0.2) is 30.3 Å². The van der Waals surface area contributed by atoms with Crippen molar-refractivity contribution in [3.63, 3.8) is 0 Å². The molecule has 0 saturated carbocycles.